The van der Waals surface area contributed by atoms with E-state index in [0.29, 0.717) is 27.8 Å². The van der Waals surface area contributed by atoms with E-state index in [1.807, 2.05) is 25.1 Å². The molecule has 0 fully saturated rings. The third-order valence-electron chi connectivity index (χ3n) is 3.66. The van der Waals surface area contributed by atoms with Gasteiger partial charge in [0.25, 0.3) is 5.91 Å². The van der Waals surface area contributed by atoms with Gasteiger partial charge in [-0.2, -0.15) is 0 Å². The molecule has 0 aliphatic rings. The highest BCUT2D eigenvalue weighted by Gasteiger charge is 2.19. The van der Waals surface area contributed by atoms with E-state index < -0.39 is 0 Å². The molecule has 3 aromatic rings. The van der Waals surface area contributed by atoms with Crippen molar-refractivity contribution < 1.29 is 9.53 Å². The summed E-state index contributed by atoms with van der Waals surface area (Å²) in [7, 11) is 1.58. The SMILES string of the molecule is COc1cccn2c(C(=O)Nc3ccc(Cl)cc3C)c(C)nc12. The second kappa shape index (κ2) is 5.93. The molecule has 0 saturated heterocycles. The van der Waals surface area contributed by atoms with Gasteiger partial charge < -0.3 is 10.1 Å². The summed E-state index contributed by atoms with van der Waals surface area (Å²) >= 11 is 5.95. The molecule has 0 atom stereocenters. The van der Waals surface area contributed by atoms with Crippen molar-refractivity contribution in [2.75, 3.05) is 12.4 Å². The lowest BCUT2D eigenvalue weighted by atomic mass is 10.2. The van der Waals surface area contributed by atoms with Gasteiger partial charge in [-0.3, -0.25) is 9.20 Å². The Labute approximate surface area is 138 Å². The highest BCUT2D eigenvalue weighted by atomic mass is 35.5. The molecule has 0 unspecified atom stereocenters. The topological polar surface area (TPSA) is 55.6 Å². The number of hydrogen-bond donors (Lipinski definition) is 1. The standard InChI is InChI=1S/C17H16ClN3O2/c1-10-9-12(18)6-7-13(10)20-17(22)15-11(2)19-16-14(23-3)5-4-8-21(15)16/h4-9H,1-3H3,(H,20,22). The maximum Gasteiger partial charge on any atom is 0.274 e. The summed E-state index contributed by atoms with van der Waals surface area (Å²) < 4.78 is 7.03. The zero-order valence-electron chi connectivity index (χ0n) is 13.1. The fourth-order valence-corrected chi connectivity index (χ4v) is 2.76. The number of methoxy groups -OCH3 is 1. The Balaban J connectivity index is 2.03. The number of nitrogens with zero attached hydrogens (tertiary/aromatic N) is 2. The fourth-order valence-electron chi connectivity index (χ4n) is 2.54. The molecule has 1 amide bonds. The highest BCUT2D eigenvalue weighted by molar-refractivity contribution is 6.30. The first-order valence-corrected chi connectivity index (χ1v) is 7.48. The Morgan fingerprint density at radius 1 is 1.30 bits per heavy atom. The largest absolute Gasteiger partial charge is 0.493 e. The summed E-state index contributed by atoms with van der Waals surface area (Å²) in [6, 6.07) is 8.97. The van der Waals surface area contributed by atoms with E-state index in [9.17, 15) is 4.79 Å². The van der Waals surface area contributed by atoms with Crippen LogP contribution in [-0.2, 0) is 0 Å². The van der Waals surface area contributed by atoms with Crippen LogP contribution in [0.15, 0.2) is 36.5 Å². The number of anilines is 1. The van der Waals surface area contributed by atoms with Crippen LogP contribution >= 0.6 is 11.6 Å². The van der Waals surface area contributed by atoms with E-state index >= 15 is 0 Å². The molecule has 118 valence electrons. The van der Waals surface area contributed by atoms with Gasteiger partial charge in [0, 0.05) is 16.9 Å². The van der Waals surface area contributed by atoms with Gasteiger partial charge >= 0.3 is 0 Å². The molecule has 6 heteroatoms. The average molecular weight is 330 g/mol. The van der Waals surface area contributed by atoms with E-state index in [1.54, 1.807) is 36.8 Å². The number of fused-ring (bicyclic) bond motifs is 1. The molecule has 5 nitrogen and oxygen atoms in total. The predicted molar refractivity (Wildman–Crippen MR) is 90.6 cm³/mol. The van der Waals surface area contributed by atoms with Crippen molar-refractivity contribution >= 4 is 28.8 Å². The van der Waals surface area contributed by atoms with Crippen LogP contribution in [-0.4, -0.2) is 22.4 Å². The zero-order chi connectivity index (χ0) is 16.6. The van der Waals surface area contributed by atoms with Crippen molar-refractivity contribution in [1.82, 2.24) is 9.38 Å². The van der Waals surface area contributed by atoms with Crippen molar-refractivity contribution in [2.24, 2.45) is 0 Å². The first kappa shape index (κ1) is 15.4. The van der Waals surface area contributed by atoms with E-state index in [4.69, 9.17) is 16.3 Å². The summed E-state index contributed by atoms with van der Waals surface area (Å²) in [5, 5.41) is 3.55. The van der Waals surface area contributed by atoms with Gasteiger partial charge in [0.05, 0.1) is 12.8 Å². The number of rotatable bonds is 3. The molecule has 2 heterocycles. The second-order valence-electron chi connectivity index (χ2n) is 5.23. The van der Waals surface area contributed by atoms with Crippen LogP contribution in [0.3, 0.4) is 0 Å². The summed E-state index contributed by atoms with van der Waals surface area (Å²) in [5.74, 6) is 0.394. The molecular formula is C17H16ClN3O2. The molecule has 1 N–H and O–H groups in total. The summed E-state index contributed by atoms with van der Waals surface area (Å²) in [6.45, 7) is 3.70. The first-order valence-electron chi connectivity index (χ1n) is 7.10. The maximum atomic E-state index is 12.7. The number of nitrogens with one attached hydrogen (secondary N) is 1. The Bertz CT molecular complexity index is 902. The van der Waals surface area contributed by atoms with Gasteiger partial charge in [0.2, 0.25) is 0 Å². The Kier molecular flexibility index (Phi) is 3.96. The summed E-state index contributed by atoms with van der Waals surface area (Å²) in [6.07, 6.45) is 1.79. The van der Waals surface area contributed by atoms with Crippen molar-refractivity contribution in [3.05, 3.63) is 58.5 Å². The van der Waals surface area contributed by atoms with Gasteiger partial charge in [-0.15, -0.1) is 0 Å². The number of carbonyl (C=O) groups excluding carboxylic acids is 1. The van der Waals surface area contributed by atoms with E-state index in [0.717, 1.165) is 11.3 Å². The maximum absolute atomic E-state index is 12.7. The van der Waals surface area contributed by atoms with Gasteiger partial charge in [0.15, 0.2) is 11.4 Å². The lowest BCUT2D eigenvalue weighted by Crippen LogP contribution is -2.16. The van der Waals surface area contributed by atoms with E-state index in [-0.39, 0.29) is 5.91 Å². The van der Waals surface area contributed by atoms with Crippen LogP contribution in [0.1, 0.15) is 21.7 Å². The number of ether oxygens (including phenoxy) is 1. The fraction of sp³-hybridized carbons (Fsp3) is 0.176. The number of amides is 1. The summed E-state index contributed by atoms with van der Waals surface area (Å²) in [4.78, 5) is 17.1. The zero-order valence-corrected chi connectivity index (χ0v) is 13.8. The van der Waals surface area contributed by atoms with Crippen LogP contribution in [0.2, 0.25) is 5.02 Å². The lowest BCUT2D eigenvalue weighted by molar-refractivity contribution is 0.102. The molecule has 1 aromatic carbocycles. The van der Waals surface area contributed by atoms with Crippen molar-refractivity contribution in [3.8, 4) is 5.75 Å². The molecule has 0 saturated carbocycles. The van der Waals surface area contributed by atoms with Crippen LogP contribution < -0.4 is 10.1 Å². The van der Waals surface area contributed by atoms with Crippen LogP contribution in [0, 0.1) is 13.8 Å². The molecule has 0 spiro atoms. The third-order valence-corrected chi connectivity index (χ3v) is 3.90. The molecule has 0 aliphatic heterocycles. The molecule has 0 aliphatic carbocycles. The monoisotopic (exact) mass is 329 g/mol. The number of carbonyl (C=O) groups is 1. The smallest absolute Gasteiger partial charge is 0.274 e. The number of imidazole rings is 1. The minimum Gasteiger partial charge on any atom is -0.493 e. The van der Waals surface area contributed by atoms with Gasteiger partial charge in [0.1, 0.15) is 5.69 Å². The van der Waals surface area contributed by atoms with Gasteiger partial charge in [-0.1, -0.05) is 11.6 Å². The molecule has 0 radical (unpaired) electrons. The highest BCUT2D eigenvalue weighted by Crippen LogP contribution is 2.24. The van der Waals surface area contributed by atoms with Crippen LogP contribution in [0.5, 0.6) is 5.75 Å². The number of pyridine rings is 1. The third kappa shape index (κ3) is 2.75. The minimum atomic E-state index is -0.228. The van der Waals surface area contributed by atoms with Gasteiger partial charge in [-0.25, -0.2) is 4.98 Å². The Morgan fingerprint density at radius 3 is 2.78 bits per heavy atom. The average Bonchev–Trinajstić information content (AvgIpc) is 2.85. The normalized spacial score (nSPS) is 10.8. The molecule has 3 rings (SSSR count). The van der Waals surface area contributed by atoms with Crippen molar-refractivity contribution in [3.63, 3.8) is 0 Å². The Morgan fingerprint density at radius 2 is 2.09 bits per heavy atom. The Hall–Kier alpha value is -2.53. The van der Waals surface area contributed by atoms with Crippen molar-refractivity contribution in [2.45, 2.75) is 13.8 Å². The number of halogens is 1. The summed E-state index contributed by atoms with van der Waals surface area (Å²) in [5.41, 5.74) is 3.35. The van der Waals surface area contributed by atoms with Crippen molar-refractivity contribution in [1.29, 1.82) is 0 Å². The lowest BCUT2D eigenvalue weighted by Gasteiger charge is -2.09. The quantitative estimate of drug-likeness (QED) is 0.793. The molecule has 2 aromatic heterocycles. The molecular weight excluding hydrogens is 314 g/mol. The predicted octanol–water partition coefficient (Wildman–Crippen LogP) is 3.87. The van der Waals surface area contributed by atoms with Crippen LogP contribution in [0.4, 0.5) is 5.69 Å². The number of benzene rings is 1. The minimum absolute atomic E-state index is 0.228. The number of hydrogen-bond acceptors (Lipinski definition) is 3. The molecule has 23 heavy (non-hydrogen) atoms. The van der Waals surface area contributed by atoms with E-state index in [2.05, 4.69) is 10.3 Å². The first-order chi connectivity index (χ1) is 11.0. The van der Waals surface area contributed by atoms with E-state index in [1.165, 1.54) is 0 Å². The number of aryl methyl sites for hydroxylation is 2. The van der Waals surface area contributed by atoms with Crippen LogP contribution in [0.25, 0.3) is 5.65 Å². The van der Waals surface area contributed by atoms with Gasteiger partial charge in [-0.05, 0) is 49.7 Å². The number of aromatic nitrogens is 2. The second-order valence-corrected chi connectivity index (χ2v) is 5.67. The molecule has 0 bridgehead atoms.